The fourth-order valence-corrected chi connectivity index (χ4v) is 3.36. The van der Waals surface area contributed by atoms with Crippen LogP contribution < -0.4 is 0 Å². The molecule has 0 fully saturated rings. The Hall–Kier alpha value is -1.65. The van der Waals surface area contributed by atoms with E-state index in [2.05, 4.69) is 0 Å². The van der Waals surface area contributed by atoms with Crippen LogP contribution in [0.5, 0.6) is 0 Å². The predicted octanol–water partition coefficient (Wildman–Crippen LogP) is 1.50. The molecule has 0 radical (unpaired) electrons. The number of carboxylic acids is 1. The Labute approximate surface area is 89.8 Å². The molecule has 0 atom stereocenters. The number of aromatic carboxylic acids is 1. The molecule has 0 amide bonds. The van der Waals surface area contributed by atoms with Gasteiger partial charge in [-0.15, -0.1) is 0 Å². The maximum absolute atomic E-state index is 10.7. The Morgan fingerprint density at radius 1 is 1.47 bits per heavy atom. The molecule has 2 aromatic rings. The zero-order valence-corrected chi connectivity index (χ0v) is 9.05. The van der Waals surface area contributed by atoms with Crippen molar-refractivity contribution in [2.75, 3.05) is 0 Å². The zero-order chi connectivity index (χ0) is 11.0. The monoisotopic (exact) mass is 271 g/mol. The van der Waals surface area contributed by atoms with Crippen LogP contribution in [0.15, 0.2) is 24.3 Å². The molecular formula is C9H5NO4Se. The number of nitro groups is 1. The summed E-state index contributed by atoms with van der Waals surface area (Å²) in [5.41, 5.74) is 0.0139. The average Bonchev–Trinajstić information content (AvgIpc) is 2.60. The molecular weight excluding hydrogens is 265 g/mol. The van der Waals surface area contributed by atoms with Crippen LogP contribution in [-0.4, -0.2) is 30.5 Å². The zero-order valence-electron chi connectivity index (χ0n) is 7.34. The molecule has 0 unspecified atom stereocenters. The second-order valence-corrected chi connectivity index (χ2v) is 5.08. The van der Waals surface area contributed by atoms with E-state index in [1.807, 2.05) is 0 Å². The van der Waals surface area contributed by atoms with E-state index in [4.69, 9.17) is 5.11 Å². The van der Waals surface area contributed by atoms with Gasteiger partial charge in [-0.3, -0.25) is 0 Å². The van der Waals surface area contributed by atoms with E-state index in [0.717, 1.165) is 0 Å². The van der Waals surface area contributed by atoms with Crippen molar-refractivity contribution in [3.63, 3.8) is 0 Å². The third-order valence-corrected chi connectivity index (χ3v) is 4.37. The first kappa shape index (κ1) is 9.89. The summed E-state index contributed by atoms with van der Waals surface area (Å²) in [6.45, 7) is 0. The predicted molar refractivity (Wildman–Crippen MR) is 54.5 cm³/mol. The maximum atomic E-state index is 10.7. The second kappa shape index (κ2) is 3.49. The van der Waals surface area contributed by atoms with Gasteiger partial charge in [-0.25, -0.2) is 0 Å². The van der Waals surface area contributed by atoms with Gasteiger partial charge in [0.25, 0.3) is 0 Å². The van der Waals surface area contributed by atoms with Gasteiger partial charge >= 0.3 is 89.4 Å². The standard InChI is InChI=1S/C9H5NO4Se/c11-9(12)7-4-5-2-1-3-6(10(13)14)8(5)15-7/h1-4H,(H,11,12). The molecule has 76 valence electrons. The molecule has 1 aromatic heterocycles. The molecule has 0 aliphatic rings. The molecule has 15 heavy (non-hydrogen) atoms. The Morgan fingerprint density at radius 3 is 2.80 bits per heavy atom. The molecule has 6 heteroatoms. The fraction of sp³-hybridized carbons (Fsp3) is 0. The summed E-state index contributed by atoms with van der Waals surface area (Å²) in [6.07, 6.45) is 0. The molecule has 5 nitrogen and oxygen atoms in total. The molecule has 1 heterocycles. The summed E-state index contributed by atoms with van der Waals surface area (Å²) in [7, 11) is 0. The number of carboxylic acid groups (broad SMARTS) is 1. The number of hydrogen-bond acceptors (Lipinski definition) is 3. The van der Waals surface area contributed by atoms with E-state index in [1.54, 1.807) is 12.1 Å². The summed E-state index contributed by atoms with van der Waals surface area (Å²) >= 11 is -0.467. The molecule has 0 spiro atoms. The Bertz CT molecular complexity index is 560. The molecule has 0 aliphatic carbocycles. The Morgan fingerprint density at radius 2 is 2.20 bits per heavy atom. The van der Waals surface area contributed by atoms with Gasteiger partial charge in [0.15, 0.2) is 0 Å². The van der Waals surface area contributed by atoms with Crippen LogP contribution in [0, 0.1) is 10.1 Å². The second-order valence-electron chi connectivity index (χ2n) is 2.87. The van der Waals surface area contributed by atoms with Crippen LogP contribution in [-0.2, 0) is 0 Å². The van der Waals surface area contributed by atoms with Gasteiger partial charge < -0.3 is 0 Å². The molecule has 1 N–H and O–H groups in total. The summed E-state index contributed by atoms with van der Waals surface area (Å²) in [4.78, 5) is 20.9. The minimum atomic E-state index is -1.000. The van der Waals surface area contributed by atoms with Crippen molar-refractivity contribution in [1.82, 2.24) is 0 Å². The molecule has 0 saturated heterocycles. The van der Waals surface area contributed by atoms with Crippen LogP contribution in [0.2, 0.25) is 0 Å². The average molecular weight is 270 g/mol. The first-order valence-electron chi connectivity index (χ1n) is 4.00. The van der Waals surface area contributed by atoms with E-state index in [0.29, 0.717) is 9.65 Å². The van der Waals surface area contributed by atoms with Crippen molar-refractivity contribution < 1.29 is 14.8 Å². The van der Waals surface area contributed by atoms with Crippen molar-refractivity contribution in [3.8, 4) is 0 Å². The van der Waals surface area contributed by atoms with Gasteiger partial charge in [-0.1, -0.05) is 0 Å². The van der Waals surface area contributed by atoms with Crippen molar-refractivity contribution in [3.05, 3.63) is 38.8 Å². The minimum absolute atomic E-state index is 0.0139. The van der Waals surface area contributed by atoms with Crippen LogP contribution in [0.4, 0.5) is 5.69 Å². The first-order valence-corrected chi connectivity index (χ1v) is 5.71. The van der Waals surface area contributed by atoms with Gasteiger partial charge in [0.1, 0.15) is 0 Å². The van der Waals surface area contributed by atoms with Gasteiger partial charge in [0.2, 0.25) is 0 Å². The van der Waals surface area contributed by atoms with Crippen molar-refractivity contribution in [1.29, 1.82) is 0 Å². The van der Waals surface area contributed by atoms with Crippen LogP contribution >= 0.6 is 0 Å². The van der Waals surface area contributed by atoms with Crippen molar-refractivity contribution in [2.24, 2.45) is 0 Å². The third kappa shape index (κ3) is 1.65. The number of nitrogens with zero attached hydrogens (tertiary/aromatic N) is 1. The van der Waals surface area contributed by atoms with Crippen molar-refractivity contribution >= 4 is 35.8 Å². The van der Waals surface area contributed by atoms with E-state index < -0.39 is 25.4 Å². The molecule has 1 aromatic carbocycles. The number of rotatable bonds is 2. The SMILES string of the molecule is O=C(O)c1cc2cccc([N+](=O)[O-])c2[se]1. The molecule has 0 saturated carbocycles. The number of non-ortho nitro benzene ring substituents is 1. The normalized spacial score (nSPS) is 10.4. The fourth-order valence-electron chi connectivity index (χ4n) is 1.30. The summed E-state index contributed by atoms with van der Waals surface area (Å²) in [5.74, 6) is -1.000. The van der Waals surface area contributed by atoms with Gasteiger partial charge in [-0.05, 0) is 0 Å². The van der Waals surface area contributed by atoms with Crippen LogP contribution in [0.1, 0.15) is 9.23 Å². The van der Waals surface area contributed by atoms with E-state index in [1.165, 1.54) is 12.1 Å². The molecule has 0 bridgehead atoms. The van der Waals surface area contributed by atoms with Gasteiger partial charge in [0.05, 0.1) is 0 Å². The van der Waals surface area contributed by atoms with Crippen LogP contribution in [0.3, 0.4) is 0 Å². The van der Waals surface area contributed by atoms with Gasteiger partial charge in [0, 0.05) is 0 Å². The van der Waals surface area contributed by atoms with Gasteiger partial charge in [-0.2, -0.15) is 0 Å². The summed E-state index contributed by atoms with van der Waals surface area (Å²) in [5, 5.41) is 20.1. The molecule has 2 rings (SSSR count). The van der Waals surface area contributed by atoms with E-state index in [9.17, 15) is 14.9 Å². The van der Waals surface area contributed by atoms with E-state index in [-0.39, 0.29) is 10.1 Å². The number of benzene rings is 1. The molecule has 0 aliphatic heterocycles. The third-order valence-electron chi connectivity index (χ3n) is 1.93. The van der Waals surface area contributed by atoms with E-state index >= 15 is 0 Å². The number of carbonyl (C=O) groups is 1. The Balaban J connectivity index is 2.75. The number of fused-ring (bicyclic) bond motifs is 1. The summed E-state index contributed by atoms with van der Waals surface area (Å²) in [6, 6.07) is 6.16. The number of hydrogen-bond donors (Lipinski definition) is 1. The Kier molecular flexibility index (Phi) is 2.30. The number of nitro benzene ring substituents is 1. The quantitative estimate of drug-likeness (QED) is 0.509. The topological polar surface area (TPSA) is 80.4 Å². The van der Waals surface area contributed by atoms with Crippen molar-refractivity contribution in [2.45, 2.75) is 0 Å². The van der Waals surface area contributed by atoms with Crippen LogP contribution in [0.25, 0.3) is 9.65 Å². The summed E-state index contributed by atoms with van der Waals surface area (Å²) < 4.78 is 0.805. The first-order chi connectivity index (χ1) is 7.09.